The molecule has 0 nitrogen and oxygen atoms in total. The lowest BCUT2D eigenvalue weighted by Crippen LogP contribution is -2.20. The topological polar surface area (TPSA) is 0 Å². The minimum atomic E-state index is -3.83. The van der Waals surface area contributed by atoms with Crippen molar-refractivity contribution in [2.45, 2.75) is 19.3 Å². The summed E-state index contributed by atoms with van der Waals surface area (Å²) in [5, 5.41) is 0. The highest BCUT2D eigenvalue weighted by molar-refractivity contribution is 4.58. The highest BCUT2D eigenvalue weighted by Crippen LogP contribution is 2.20. The van der Waals surface area contributed by atoms with Gasteiger partial charge in [0, 0.05) is 6.92 Å². The van der Waals surface area contributed by atoms with E-state index in [0.29, 0.717) is 0 Å². The molecule has 4 heteroatoms. The second-order valence-corrected chi connectivity index (χ2v) is 1.26. The average molecular weight is 116 g/mol. The van der Waals surface area contributed by atoms with E-state index in [1.807, 2.05) is 0 Å². The van der Waals surface area contributed by atoms with Gasteiger partial charge < -0.3 is 0 Å². The molecule has 0 saturated heterocycles. The molecule has 0 spiro atoms. The number of halogens is 4. The van der Waals surface area contributed by atoms with Crippen molar-refractivity contribution in [1.82, 2.24) is 0 Å². The highest BCUT2D eigenvalue weighted by Gasteiger charge is 2.33. The van der Waals surface area contributed by atoms with E-state index in [4.69, 9.17) is 0 Å². The molecule has 0 heterocycles. The Labute approximate surface area is 38.1 Å². The summed E-state index contributed by atoms with van der Waals surface area (Å²) in [6.45, 7) is 0.178. The summed E-state index contributed by atoms with van der Waals surface area (Å²) < 4.78 is 43.8. The number of alkyl halides is 4. The van der Waals surface area contributed by atoms with Crippen LogP contribution in [0.15, 0.2) is 0 Å². The molecular weight excluding hydrogens is 112 g/mol. The van der Waals surface area contributed by atoms with E-state index in [2.05, 4.69) is 0 Å². The highest BCUT2D eigenvalue weighted by atomic mass is 19.3. The third-order valence-electron chi connectivity index (χ3n) is 0.383. The first kappa shape index (κ1) is 6.72. The van der Waals surface area contributed by atoms with Gasteiger partial charge in [-0.15, -0.1) is 0 Å². The molecule has 0 radical (unpaired) electrons. The van der Waals surface area contributed by atoms with Crippen molar-refractivity contribution in [1.29, 1.82) is 0 Å². The molecule has 0 aliphatic heterocycles. The summed E-state index contributed by atoms with van der Waals surface area (Å²) in [7, 11) is 0. The van der Waals surface area contributed by atoms with Crippen molar-refractivity contribution in [3.05, 3.63) is 0 Å². The van der Waals surface area contributed by atoms with Crippen LogP contribution in [0.5, 0.6) is 0 Å². The lowest BCUT2D eigenvalue weighted by atomic mass is 10.4. The van der Waals surface area contributed by atoms with Gasteiger partial charge >= 0.3 is 12.3 Å². The van der Waals surface area contributed by atoms with Gasteiger partial charge in [0.1, 0.15) is 0 Å². The lowest BCUT2D eigenvalue weighted by molar-refractivity contribution is -0.113. The summed E-state index contributed by atoms with van der Waals surface area (Å²) in [4.78, 5) is 0. The first-order valence-corrected chi connectivity index (χ1v) is 1.60. The molecule has 0 amide bonds. The number of hydrogen-bond acceptors (Lipinski definition) is 0. The molecule has 0 aromatic heterocycles. The average Bonchev–Trinajstić information content (AvgIpc) is 1.31. The summed E-state index contributed by atoms with van der Waals surface area (Å²) >= 11 is 0. The van der Waals surface area contributed by atoms with Crippen LogP contribution in [0.3, 0.4) is 0 Å². The molecule has 0 unspecified atom stereocenters. The molecule has 0 aliphatic rings. The van der Waals surface area contributed by atoms with E-state index in [1.165, 1.54) is 0 Å². The molecule has 0 fully saturated rings. The molecule has 0 aromatic carbocycles. The van der Waals surface area contributed by atoms with Gasteiger partial charge in [0.25, 0.3) is 0 Å². The zero-order chi connectivity index (χ0) is 6.08. The fourth-order valence-corrected chi connectivity index (χ4v) is 0. The normalized spacial score (nSPS) is 12.9. The van der Waals surface area contributed by atoms with Gasteiger partial charge in [-0.05, 0) is 0 Å². The van der Waals surface area contributed by atoms with E-state index in [9.17, 15) is 17.6 Å². The molecular formula is C3H4F4. The predicted octanol–water partition coefficient (Wildman–Crippen LogP) is 1.91. The molecule has 7 heavy (non-hydrogen) atoms. The number of rotatable bonds is 1. The van der Waals surface area contributed by atoms with Crippen LogP contribution < -0.4 is 0 Å². The quantitative estimate of drug-likeness (QED) is 0.459. The Morgan fingerprint density at radius 1 is 1.29 bits per heavy atom. The zero-order valence-corrected chi connectivity index (χ0v) is 3.59. The fraction of sp³-hybridized carbons (Fsp3) is 1.00. The number of hydrogen-bond donors (Lipinski definition) is 0. The first-order valence-electron chi connectivity index (χ1n) is 1.60. The summed E-state index contributed by atoms with van der Waals surface area (Å²) in [6.07, 6.45) is -3.53. The SMILES string of the molecule is CC(F)(F)C(F)F. The monoisotopic (exact) mass is 116 g/mol. The van der Waals surface area contributed by atoms with Crippen molar-refractivity contribution < 1.29 is 17.6 Å². The van der Waals surface area contributed by atoms with Gasteiger partial charge in [-0.2, -0.15) is 0 Å². The maximum Gasteiger partial charge on any atom is 0.304 e. The van der Waals surface area contributed by atoms with Gasteiger partial charge in [0.15, 0.2) is 0 Å². The summed E-state index contributed by atoms with van der Waals surface area (Å²) in [6, 6.07) is 0. The molecule has 44 valence electrons. The van der Waals surface area contributed by atoms with Crippen LogP contribution >= 0.6 is 0 Å². The van der Waals surface area contributed by atoms with E-state index < -0.39 is 12.3 Å². The van der Waals surface area contributed by atoms with Crippen LogP contribution in [-0.4, -0.2) is 12.3 Å². The Hall–Kier alpha value is -0.280. The second-order valence-electron chi connectivity index (χ2n) is 1.26. The Bertz CT molecular complexity index is 52.4. The zero-order valence-electron chi connectivity index (χ0n) is 3.59. The first-order chi connectivity index (χ1) is 2.94. The van der Waals surface area contributed by atoms with Gasteiger partial charge in [0.05, 0.1) is 0 Å². The Kier molecular flexibility index (Phi) is 1.61. The minimum absolute atomic E-state index is 0.178. The molecule has 0 bridgehead atoms. The Balaban J connectivity index is 3.54. The standard InChI is InChI=1S/C3H4F4/c1-3(6,7)2(4)5/h2H,1H3. The Morgan fingerprint density at radius 3 is 1.43 bits per heavy atom. The smallest absolute Gasteiger partial charge is 0.204 e. The van der Waals surface area contributed by atoms with Crippen LogP contribution in [0, 0.1) is 0 Å². The largest absolute Gasteiger partial charge is 0.304 e. The van der Waals surface area contributed by atoms with Gasteiger partial charge in [-0.25, -0.2) is 17.6 Å². The van der Waals surface area contributed by atoms with E-state index in [1.54, 1.807) is 0 Å². The lowest BCUT2D eigenvalue weighted by Gasteiger charge is -2.05. The van der Waals surface area contributed by atoms with Crippen LogP contribution in [0.1, 0.15) is 6.92 Å². The van der Waals surface area contributed by atoms with Crippen molar-refractivity contribution in [3.63, 3.8) is 0 Å². The van der Waals surface area contributed by atoms with E-state index in [0.717, 1.165) is 0 Å². The fourth-order valence-electron chi connectivity index (χ4n) is 0. The van der Waals surface area contributed by atoms with Gasteiger partial charge in [0.2, 0.25) is 0 Å². The Morgan fingerprint density at radius 2 is 1.43 bits per heavy atom. The molecule has 0 N–H and O–H groups in total. The third kappa shape index (κ3) is 2.42. The molecule has 0 aliphatic carbocycles. The minimum Gasteiger partial charge on any atom is -0.204 e. The van der Waals surface area contributed by atoms with Crippen molar-refractivity contribution in [2.75, 3.05) is 0 Å². The van der Waals surface area contributed by atoms with E-state index >= 15 is 0 Å². The molecule has 0 atom stereocenters. The second kappa shape index (κ2) is 1.68. The predicted molar refractivity (Wildman–Crippen MR) is 16.6 cm³/mol. The van der Waals surface area contributed by atoms with Crippen LogP contribution in [0.2, 0.25) is 0 Å². The third-order valence-corrected chi connectivity index (χ3v) is 0.383. The maximum absolute atomic E-state index is 11.1. The van der Waals surface area contributed by atoms with Gasteiger partial charge in [-0.3, -0.25) is 0 Å². The molecule has 0 aromatic rings. The molecule has 0 rings (SSSR count). The van der Waals surface area contributed by atoms with Gasteiger partial charge in [-0.1, -0.05) is 0 Å². The van der Waals surface area contributed by atoms with Crippen molar-refractivity contribution in [3.8, 4) is 0 Å². The van der Waals surface area contributed by atoms with Crippen molar-refractivity contribution in [2.24, 2.45) is 0 Å². The van der Waals surface area contributed by atoms with Crippen LogP contribution in [0.25, 0.3) is 0 Å². The summed E-state index contributed by atoms with van der Waals surface area (Å²) in [5.41, 5.74) is 0. The maximum atomic E-state index is 11.1. The summed E-state index contributed by atoms with van der Waals surface area (Å²) in [5.74, 6) is -3.83. The van der Waals surface area contributed by atoms with Crippen LogP contribution in [-0.2, 0) is 0 Å². The van der Waals surface area contributed by atoms with E-state index in [-0.39, 0.29) is 6.92 Å². The van der Waals surface area contributed by atoms with Crippen molar-refractivity contribution >= 4 is 0 Å². The van der Waals surface area contributed by atoms with Crippen LogP contribution in [0.4, 0.5) is 17.6 Å². The molecule has 0 saturated carbocycles.